The van der Waals surface area contributed by atoms with Gasteiger partial charge in [0.1, 0.15) is 5.82 Å². The van der Waals surface area contributed by atoms with E-state index in [1.165, 1.54) is 12.8 Å². The molecule has 0 radical (unpaired) electrons. The molecule has 0 unspecified atom stereocenters. The molecule has 0 bridgehead atoms. The van der Waals surface area contributed by atoms with Gasteiger partial charge in [0.15, 0.2) is 0 Å². The summed E-state index contributed by atoms with van der Waals surface area (Å²) in [6, 6.07) is 4.01. The number of aromatic nitrogens is 1. The van der Waals surface area contributed by atoms with E-state index in [2.05, 4.69) is 31.1 Å². The third-order valence-corrected chi connectivity index (χ3v) is 3.79. The highest BCUT2D eigenvalue weighted by atomic mass is 16.2. The van der Waals surface area contributed by atoms with Crippen LogP contribution in [0.5, 0.6) is 0 Å². The van der Waals surface area contributed by atoms with Crippen LogP contribution in [0.15, 0.2) is 12.1 Å². The second-order valence-electron chi connectivity index (χ2n) is 6.30. The van der Waals surface area contributed by atoms with Crippen molar-refractivity contribution >= 4 is 11.7 Å². The Balaban J connectivity index is 2.17. The van der Waals surface area contributed by atoms with Gasteiger partial charge in [0, 0.05) is 30.4 Å². The van der Waals surface area contributed by atoms with Crippen LogP contribution in [0, 0.1) is 12.8 Å². The molecule has 1 fully saturated rings. The Morgan fingerprint density at radius 2 is 2.14 bits per heavy atom. The minimum atomic E-state index is 0.127. The molecular weight excluding hydrogens is 262 g/mol. The van der Waals surface area contributed by atoms with Crippen LogP contribution in [-0.4, -0.2) is 34.9 Å². The van der Waals surface area contributed by atoms with E-state index >= 15 is 0 Å². The lowest BCUT2D eigenvalue weighted by Gasteiger charge is -2.27. The van der Waals surface area contributed by atoms with E-state index in [1.807, 2.05) is 24.0 Å². The number of nitrogens with zero attached hydrogens (tertiary/aromatic N) is 2. The highest BCUT2D eigenvalue weighted by molar-refractivity contribution is 5.95. The lowest BCUT2D eigenvalue weighted by molar-refractivity contribution is 0.0696. The largest absolute Gasteiger partial charge is 0.370 e. The van der Waals surface area contributed by atoms with Crippen LogP contribution in [0.4, 0.5) is 5.82 Å². The van der Waals surface area contributed by atoms with Crippen molar-refractivity contribution in [3.63, 3.8) is 0 Å². The molecule has 0 spiro atoms. The summed E-state index contributed by atoms with van der Waals surface area (Å²) in [5, 5.41) is 3.27. The molecule has 0 saturated heterocycles. The Kier molecular flexibility index (Phi) is 5.21. The minimum absolute atomic E-state index is 0.127. The van der Waals surface area contributed by atoms with Gasteiger partial charge >= 0.3 is 0 Å². The van der Waals surface area contributed by atoms with Gasteiger partial charge in [-0.25, -0.2) is 4.98 Å². The van der Waals surface area contributed by atoms with Gasteiger partial charge in [-0.05, 0) is 58.1 Å². The highest BCUT2D eigenvalue weighted by Crippen LogP contribution is 2.31. The zero-order chi connectivity index (χ0) is 15.4. The van der Waals surface area contributed by atoms with Crippen molar-refractivity contribution in [2.24, 2.45) is 5.92 Å². The van der Waals surface area contributed by atoms with Crippen LogP contribution in [0.1, 0.15) is 56.1 Å². The Bertz CT molecular complexity index is 495. The van der Waals surface area contributed by atoms with Crippen molar-refractivity contribution in [3.05, 3.63) is 23.4 Å². The van der Waals surface area contributed by atoms with Gasteiger partial charge in [-0.2, -0.15) is 0 Å². The summed E-state index contributed by atoms with van der Waals surface area (Å²) < 4.78 is 0. The number of aryl methyl sites for hydroxylation is 1. The van der Waals surface area contributed by atoms with Crippen molar-refractivity contribution in [3.8, 4) is 0 Å². The average Bonchev–Trinajstić information content (AvgIpc) is 3.25. The molecule has 2 rings (SSSR count). The maximum absolute atomic E-state index is 12.8. The van der Waals surface area contributed by atoms with E-state index in [0.29, 0.717) is 5.92 Å². The number of amides is 1. The summed E-state index contributed by atoms with van der Waals surface area (Å²) in [5.41, 5.74) is 1.63. The van der Waals surface area contributed by atoms with Crippen molar-refractivity contribution in [1.29, 1.82) is 0 Å². The van der Waals surface area contributed by atoms with Gasteiger partial charge in [-0.1, -0.05) is 6.92 Å². The summed E-state index contributed by atoms with van der Waals surface area (Å²) in [4.78, 5) is 19.2. The lowest BCUT2D eigenvalue weighted by atomic mass is 10.1. The van der Waals surface area contributed by atoms with Crippen molar-refractivity contribution in [1.82, 2.24) is 9.88 Å². The first-order chi connectivity index (χ1) is 10.0. The van der Waals surface area contributed by atoms with Gasteiger partial charge in [0.25, 0.3) is 5.91 Å². The molecule has 1 heterocycles. The second kappa shape index (κ2) is 6.92. The summed E-state index contributed by atoms with van der Waals surface area (Å²) in [6.07, 6.45) is 3.56. The van der Waals surface area contributed by atoms with E-state index in [0.717, 1.165) is 36.6 Å². The number of nitrogens with one attached hydrogen (secondary N) is 1. The van der Waals surface area contributed by atoms with Crippen LogP contribution in [0.2, 0.25) is 0 Å². The third kappa shape index (κ3) is 4.45. The normalized spacial score (nSPS) is 14.3. The van der Waals surface area contributed by atoms with Crippen molar-refractivity contribution in [2.45, 2.75) is 53.0 Å². The first kappa shape index (κ1) is 15.8. The number of hydrogen-bond donors (Lipinski definition) is 1. The fourth-order valence-electron chi connectivity index (χ4n) is 2.41. The molecule has 1 aliphatic rings. The molecule has 0 aliphatic heterocycles. The Hall–Kier alpha value is -1.58. The van der Waals surface area contributed by atoms with Gasteiger partial charge < -0.3 is 10.2 Å². The van der Waals surface area contributed by atoms with Crippen LogP contribution in [0.25, 0.3) is 0 Å². The molecular formula is C17H27N3O. The number of anilines is 1. The molecule has 1 aromatic heterocycles. The average molecular weight is 289 g/mol. The first-order valence-corrected chi connectivity index (χ1v) is 8.04. The first-order valence-electron chi connectivity index (χ1n) is 8.04. The van der Waals surface area contributed by atoms with Gasteiger partial charge in [0.2, 0.25) is 0 Å². The fourth-order valence-corrected chi connectivity index (χ4v) is 2.41. The molecule has 0 aromatic carbocycles. The number of carbonyl (C=O) groups excluding carboxylic acids is 1. The van der Waals surface area contributed by atoms with E-state index in [1.54, 1.807) is 0 Å². The van der Waals surface area contributed by atoms with Gasteiger partial charge in [-0.3, -0.25) is 4.79 Å². The second-order valence-corrected chi connectivity index (χ2v) is 6.30. The highest BCUT2D eigenvalue weighted by Gasteiger charge is 2.28. The molecule has 1 amide bonds. The molecule has 0 atom stereocenters. The summed E-state index contributed by atoms with van der Waals surface area (Å²) in [5.74, 6) is 1.63. The van der Waals surface area contributed by atoms with E-state index < -0.39 is 0 Å². The minimum Gasteiger partial charge on any atom is -0.370 e. The van der Waals surface area contributed by atoms with E-state index in [-0.39, 0.29) is 11.9 Å². The van der Waals surface area contributed by atoms with E-state index in [4.69, 9.17) is 0 Å². The fraction of sp³-hybridized carbons (Fsp3) is 0.647. The smallest absolute Gasteiger partial charge is 0.254 e. The molecule has 1 aromatic rings. The zero-order valence-electron chi connectivity index (χ0n) is 13.6. The monoisotopic (exact) mass is 289 g/mol. The number of rotatable bonds is 7. The third-order valence-electron chi connectivity index (χ3n) is 3.79. The van der Waals surface area contributed by atoms with Crippen molar-refractivity contribution < 1.29 is 4.79 Å². The molecule has 21 heavy (non-hydrogen) atoms. The summed E-state index contributed by atoms with van der Waals surface area (Å²) in [6.45, 7) is 9.99. The number of pyridine rings is 1. The summed E-state index contributed by atoms with van der Waals surface area (Å²) >= 11 is 0. The van der Waals surface area contributed by atoms with Gasteiger partial charge in [-0.15, -0.1) is 0 Å². The standard InChI is InChI=1S/C17H27N3O/c1-5-8-18-16-10-15(9-13(4)19-16)17(21)20(12(2)3)11-14-6-7-14/h9-10,12,14H,5-8,11H2,1-4H3,(H,18,19). The maximum Gasteiger partial charge on any atom is 0.254 e. The van der Waals surface area contributed by atoms with Crippen LogP contribution >= 0.6 is 0 Å². The van der Waals surface area contributed by atoms with Crippen molar-refractivity contribution in [2.75, 3.05) is 18.4 Å². The zero-order valence-corrected chi connectivity index (χ0v) is 13.6. The number of hydrogen-bond acceptors (Lipinski definition) is 3. The predicted molar refractivity (Wildman–Crippen MR) is 86.7 cm³/mol. The molecule has 4 nitrogen and oxygen atoms in total. The van der Waals surface area contributed by atoms with Gasteiger partial charge in [0.05, 0.1) is 0 Å². The molecule has 1 saturated carbocycles. The van der Waals surface area contributed by atoms with E-state index in [9.17, 15) is 4.79 Å². The molecule has 116 valence electrons. The molecule has 1 N–H and O–H groups in total. The molecule has 1 aliphatic carbocycles. The lowest BCUT2D eigenvalue weighted by Crippen LogP contribution is -2.38. The maximum atomic E-state index is 12.8. The predicted octanol–water partition coefficient (Wildman–Crippen LogP) is 3.47. The summed E-state index contributed by atoms with van der Waals surface area (Å²) in [7, 11) is 0. The Labute approximate surface area is 127 Å². The SMILES string of the molecule is CCCNc1cc(C(=O)N(CC2CC2)C(C)C)cc(C)n1. The van der Waals surface area contributed by atoms with Crippen LogP contribution in [-0.2, 0) is 0 Å². The topological polar surface area (TPSA) is 45.2 Å². The van der Waals surface area contributed by atoms with Crippen LogP contribution < -0.4 is 5.32 Å². The quantitative estimate of drug-likeness (QED) is 0.836. The Morgan fingerprint density at radius 1 is 1.43 bits per heavy atom. The molecule has 4 heteroatoms. The van der Waals surface area contributed by atoms with Crippen LogP contribution in [0.3, 0.4) is 0 Å². The Morgan fingerprint density at radius 3 is 2.71 bits per heavy atom. The number of carbonyl (C=O) groups is 1.